The Kier molecular flexibility index (Phi) is 4.30. The molecular formula is C14H10BrFN2O2S. The first-order valence-electron chi connectivity index (χ1n) is 5.82. The van der Waals surface area contributed by atoms with Crippen molar-refractivity contribution < 1.29 is 12.8 Å². The number of anilines is 1. The van der Waals surface area contributed by atoms with Gasteiger partial charge in [-0.1, -0.05) is 17.7 Å². The number of hydrogen-bond donors (Lipinski definition) is 1. The summed E-state index contributed by atoms with van der Waals surface area (Å²) in [6.07, 6.45) is 0. The zero-order valence-electron chi connectivity index (χ0n) is 10.9. The summed E-state index contributed by atoms with van der Waals surface area (Å²) in [4.78, 5) is 0.0671. The summed E-state index contributed by atoms with van der Waals surface area (Å²) in [6, 6.07) is 10.2. The Morgan fingerprint density at radius 2 is 1.86 bits per heavy atom. The van der Waals surface area contributed by atoms with E-state index in [0.717, 1.165) is 11.6 Å². The van der Waals surface area contributed by atoms with Crippen molar-refractivity contribution in [1.29, 1.82) is 5.26 Å². The highest BCUT2D eigenvalue weighted by atomic mass is 79.9. The maximum absolute atomic E-state index is 13.4. The highest BCUT2D eigenvalue weighted by Gasteiger charge is 2.17. The van der Waals surface area contributed by atoms with E-state index >= 15 is 0 Å². The molecule has 0 fully saturated rings. The molecule has 0 saturated carbocycles. The van der Waals surface area contributed by atoms with E-state index in [1.54, 1.807) is 18.2 Å². The third kappa shape index (κ3) is 3.40. The van der Waals surface area contributed by atoms with Gasteiger partial charge in [0.2, 0.25) is 0 Å². The van der Waals surface area contributed by atoms with Gasteiger partial charge in [0.15, 0.2) is 0 Å². The zero-order chi connectivity index (χ0) is 15.6. The van der Waals surface area contributed by atoms with Crippen LogP contribution in [0, 0.1) is 24.1 Å². The van der Waals surface area contributed by atoms with Crippen molar-refractivity contribution in [3.05, 3.63) is 57.8 Å². The zero-order valence-corrected chi connectivity index (χ0v) is 13.3. The highest BCUT2D eigenvalue weighted by Crippen LogP contribution is 2.26. The molecule has 0 amide bonds. The molecule has 2 rings (SSSR count). The summed E-state index contributed by atoms with van der Waals surface area (Å²) in [5.41, 5.74) is 0.855. The molecule has 0 heterocycles. The van der Waals surface area contributed by atoms with E-state index in [1.165, 1.54) is 18.2 Å². The van der Waals surface area contributed by atoms with Gasteiger partial charge in [-0.2, -0.15) is 5.26 Å². The summed E-state index contributed by atoms with van der Waals surface area (Å²) < 4.78 is 40.2. The summed E-state index contributed by atoms with van der Waals surface area (Å²) in [7, 11) is -3.84. The van der Waals surface area contributed by atoms with Gasteiger partial charge in [-0.05, 0) is 47.1 Å². The van der Waals surface area contributed by atoms with Crippen LogP contribution in [0.5, 0.6) is 0 Å². The van der Waals surface area contributed by atoms with Crippen LogP contribution in [0.4, 0.5) is 10.1 Å². The second-order valence-electron chi connectivity index (χ2n) is 4.34. The van der Waals surface area contributed by atoms with Crippen molar-refractivity contribution in [1.82, 2.24) is 0 Å². The van der Waals surface area contributed by atoms with Gasteiger partial charge < -0.3 is 0 Å². The third-order valence-corrected chi connectivity index (χ3v) is 4.75. The number of hydrogen-bond acceptors (Lipinski definition) is 3. The van der Waals surface area contributed by atoms with Crippen LogP contribution in [-0.4, -0.2) is 8.42 Å². The van der Waals surface area contributed by atoms with Crippen LogP contribution < -0.4 is 4.72 Å². The van der Waals surface area contributed by atoms with E-state index in [0.29, 0.717) is 0 Å². The van der Waals surface area contributed by atoms with Crippen LogP contribution in [-0.2, 0) is 10.0 Å². The fourth-order valence-corrected chi connectivity index (χ4v) is 3.06. The average Bonchev–Trinajstić information content (AvgIpc) is 2.42. The molecule has 0 spiro atoms. The molecule has 108 valence electrons. The van der Waals surface area contributed by atoms with Crippen molar-refractivity contribution in [3.8, 4) is 6.07 Å². The number of rotatable bonds is 3. The number of benzene rings is 2. The lowest BCUT2D eigenvalue weighted by Gasteiger charge is -2.10. The molecule has 1 N–H and O–H groups in total. The quantitative estimate of drug-likeness (QED) is 0.899. The van der Waals surface area contributed by atoms with Crippen LogP contribution in [0.15, 0.2) is 45.8 Å². The van der Waals surface area contributed by atoms with Crippen molar-refractivity contribution >= 4 is 31.6 Å². The Morgan fingerprint density at radius 1 is 1.24 bits per heavy atom. The van der Waals surface area contributed by atoms with Crippen LogP contribution >= 0.6 is 15.9 Å². The van der Waals surface area contributed by atoms with Crippen LogP contribution in [0.1, 0.15) is 11.1 Å². The van der Waals surface area contributed by atoms with E-state index in [-0.39, 0.29) is 20.6 Å². The fraction of sp³-hybridized carbons (Fsp3) is 0.0714. The lowest BCUT2D eigenvalue weighted by molar-refractivity contribution is 0.601. The standard InChI is InChI=1S/C14H10BrFN2O2S/c1-9-2-4-11(5-3-9)21(19,20)18-14-7-12(15)13(16)6-10(14)8-17/h2-7,18H,1H3. The normalized spacial score (nSPS) is 11.0. The number of sulfonamides is 1. The minimum atomic E-state index is -3.84. The van der Waals surface area contributed by atoms with Gasteiger partial charge in [0.05, 0.1) is 20.6 Å². The number of nitrogens with zero attached hydrogens (tertiary/aromatic N) is 1. The molecule has 0 radical (unpaired) electrons. The number of aryl methyl sites for hydroxylation is 1. The molecule has 0 aliphatic carbocycles. The molecule has 2 aromatic carbocycles. The molecule has 0 aliphatic rings. The predicted octanol–water partition coefficient (Wildman–Crippen LogP) is 3.57. The minimum absolute atomic E-state index is 0.0198. The molecule has 0 aromatic heterocycles. The molecule has 21 heavy (non-hydrogen) atoms. The second kappa shape index (κ2) is 5.84. The van der Waals surface area contributed by atoms with E-state index in [9.17, 15) is 12.8 Å². The van der Waals surface area contributed by atoms with Crippen molar-refractivity contribution in [2.75, 3.05) is 4.72 Å². The predicted molar refractivity (Wildman–Crippen MR) is 80.8 cm³/mol. The third-order valence-electron chi connectivity index (χ3n) is 2.76. The first-order chi connectivity index (χ1) is 9.83. The molecular weight excluding hydrogens is 359 g/mol. The van der Waals surface area contributed by atoms with Gasteiger partial charge in [0.25, 0.3) is 10.0 Å². The van der Waals surface area contributed by atoms with Crippen LogP contribution in [0.25, 0.3) is 0 Å². The van der Waals surface area contributed by atoms with Crippen LogP contribution in [0.3, 0.4) is 0 Å². The van der Waals surface area contributed by atoms with E-state index in [2.05, 4.69) is 20.7 Å². The molecule has 7 heteroatoms. The first-order valence-corrected chi connectivity index (χ1v) is 8.10. The summed E-state index contributed by atoms with van der Waals surface area (Å²) >= 11 is 2.96. The lowest BCUT2D eigenvalue weighted by atomic mass is 10.2. The smallest absolute Gasteiger partial charge is 0.261 e. The Labute approximate surface area is 130 Å². The first kappa shape index (κ1) is 15.5. The average molecular weight is 369 g/mol. The van der Waals surface area contributed by atoms with Crippen LogP contribution in [0.2, 0.25) is 0 Å². The molecule has 0 bridgehead atoms. The van der Waals surface area contributed by atoms with Crippen molar-refractivity contribution in [2.45, 2.75) is 11.8 Å². The number of halogens is 2. The Balaban J connectivity index is 2.44. The summed E-state index contributed by atoms with van der Waals surface area (Å²) in [6.45, 7) is 1.84. The largest absolute Gasteiger partial charge is 0.278 e. The van der Waals surface area contributed by atoms with Gasteiger partial charge in [-0.15, -0.1) is 0 Å². The van der Waals surface area contributed by atoms with Gasteiger partial charge in [-0.25, -0.2) is 12.8 Å². The summed E-state index contributed by atoms with van der Waals surface area (Å²) in [5.74, 6) is -0.634. The molecule has 0 saturated heterocycles. The van der Waals surface area contributed by atoms with Gasteiger partial charge in [-0.3, -0.25) is 4.72 Å². The Hall–Kier alpha value is -1.91. The summed E-state index contributed by atoms with van der Waals surface area (Å²) in [5, 5.41) is 8.97. The lowest BCUT2D eigenvalue weighted by Crippen LogP contribution is -2.14. The fourth-order valence-electron chi connectivity index (χ4n) is 1.64. The molecule has 0 unspecified atom stereocenters. The highest BCUT2D eigenvalue weighted by molar-refractivity contribution is 9.10. The second-order valence-corrected chi connectivity index (χ2v) is 6.88. The van der Waals surface area contributed by atoms with E-state index in [4.69, 9.17) is 5.26 Å². The topological polar surface area (TPSA) is 70.0 Å². The maximum atomic E-state index is 13.4. The Bertz CT molecular complexity index is 827. The van der Waals surface area contributed by atoms with Gasteiger partial charge in [0.1, 0.15) is 11.9 Å². The monoisotopic (exact) mass is 368 g/mol. The van der Waals surface area contributed by atoms with E-state index in [1.807, 2.05) is 6.92 Å². The minimum Gasteiger partial charge on any atom is -0.278 e. The van der Waals surface area contributed by atoms with Gasteiger partial charge in [0, 0.05) is 0 Å². The molecule has 0 atom stereocenters. The van der Waals surface area contributed by atoms with E-state index < -0.39 is 15.8 Å². The SMILES string of the molecule is Cc1ccc(S(=O)(=O)Nc2cc(Br)c(F)cc2C#N)cc1. The molecule has 0 aliphatic heterocycles. The van der Waals surface area contributed by atoms with Gasteiger partial charge >= 0.3 is 0 Å². The molecule has 4 nitrogen and oxygen atoms in total. The number of nitrogens with one attached hydrogen (secondary N) is 1. The van der Waals surface area contributed by atoms with Crippen molar-refractivity contribution in [2.24, 2.45) is 0 Å². The van der Waals surface area contributed by atoms with Crippen molar-refractivity contribution in [3.63, 3.8) is 0 Å². The Morgan fingerprint density at radius 3 is 2.43 bits per heavy atom. The maximum Gasteiger partial charge on any atom is 0.261 e. The number of nitriles is 1. The molecule has 2 aromatic rings.